The fourth-order valence-corrected chi connectivity index (χ4v) is 2.65. The van der Waals surface area contributed by atoms with Gasteiger partial charge in [-0.2, -0.15) is 4.99 Å². The number of carbonyl (C=O) groups is 1. The van der Waals surface area contributed by atoms with Gasteiger partial charge in [0.2, 0.25) is 11.7 Å². The first kappa shape index (κ1) is 12.0. The lowest BCUT2D eigenvalue weighted by atomic mass is 10.1. The van der Waals surface area contributed by atoms with Gasteiger partial charge in [0.1, 0.15) is 12.1 Å². The highest BCUT2D eigenvalue weighted by Crippen LogP contribution is 2.20. The highest BCUT2D eigenvalue weighted by molar-refractivity contribution is 6.11. The molecule has 0 saturated heterocycles. The molecule has 2 aliphatic heterocycles. The molecule has 0 spiro atoms. The number of hydrogen-bond acceptors (Lipinski definition) is 2. The summed E-state index contributed by atoms with van der Waals surface area (Å²) in [7, 11) is 0. The van der Waals surface area contributed by atoms with E-state index in [-0.39, 0.29) is 18.3 Å². The molecular formula is C14H10ClN3O. The number of pyridine rings is 1. The summed E-state index contributed by atoms with van der Waals surface area (Å²) in [6, 6.07) is 11.7. The third-order valence-corrected chi connectivity index (χ3v) is 3.46. The SMILES string of the molecule is O=C1N=C2c3ccccc3C[NH+]2c2ncccc21.[Cl-]. The summed E-state index contributed by atoms with van der Waals surface area (Å²) in [5.41, 5.74) is 2.90. The van der Waals surface area contributed by atoms with Crippen molar-refractivity contribution < 1.29 is 22.1 Å². The average molecular weight is 272 g/mol. The normalized spacial score (nSPS) is 18.8. The number of amides is 1. The second kappa shape index (κ2) is 4.26. The molecule has 1 unspecified atom stereocenters. The van der Waals surface area contributed by atoms with Gasteiger partial charge in [-0.15, -0.1) is 0 Å². The van der Waals surface area contributed by atoms with Crippen LogP contribution in [0.15, 0.2) is 47.6 Å². The Morgan fingerprint density at radius 3 is 2.74 bits per heavy atom. The van der Waals surface area contributed by atoms with Crippen molar-refractivity contribution >= 4 is 17.6 Å². The maximum Gasteiger partial charge on any atom is 0.289 e. The third-order valence-electron chi connectivity index (χ3n) is 3.46. The number of aliphatic imine (C=N–C) groups is 1. The summed E-state index contributed by atoms with van der Waals surface area (Å²) in [4.78, 5) is 21.7. The molecule has 3 heterocycles. The van der Waals surface area contributed by atoms with Gasteiger partial charge < -0.3 is 12.4 Å². The Morgan fingerprint density at radius 2 is 1.84 bits per heavy atom. The van der Waals surface area contributed by atoms with Gasteiger partial charge in [-0.05, 0) is 18.2 Å². The van der Waals surface area contributed by atoms with E-state index < -0.39 is 0 Å². The van der Waals surface area contributed by atoms with E-state index in [1.54, 1.807) is 18.3 Å². The molecule has 1 aromatic heterocycles. The molecule has 0 fully saturated rings. The predicted octanol–water partition coefficient (Wildman–Crippen LogP) is -2.28. The van der Waals surface area contributed by atoms with Crippen molar-refractivity contribution in [1.29, 1.82) is 0 Å². The second-order valence-electron chi connectivity index (χ2n) is 4.48. The standard InChI is InChI=1S/C14H9N3O.ClH/c18-14-11-6-3-7-15-12(11)17-8-9-4-1-2-5-10(9)13(17)16-14;/h1-7H,8H2;1H. The largest absolute Gasteiger partial charge is 1.00 e. The van der Waals surface area contributed by atoms with Crippen LogP contribution in [0.2, 0.25) is 0 Å². The van der Waals surface area contributed by atoms with Crippen LogP contribution >= 0.6 is 0 Å². The number of nitrogens with zero attached hydrogens (tertiary/aromatic N) is 2. The third kappa shape index (κ3) is 1.61. The zero-order valence-corrected chi connectivity index (χ0v) is 10.7. The molecule has 1 amide bonds. The molecule has 4 rings (SSSR count). The molecular weight excluding hydrogens is 262 g/mol. The number of hydrogen-bond donors (Lipinski definition) is 1. The maximum atomic E-state index is 12.0. The van der Waals surface area contributed by atoms with Gasteiger partial charge in [0.05, 0.1) is 5.56 Å². The van der Waals surface area contributed by atoms with E-state index in [1.165, 1.54) is 5.56 Å². The second-order valence-corrected chi connectivity index (χ2v) is 4.48. The lowest BCUT2D eigenvalue weighted by Gasteiger charge is -2.17. The number of rotatable bonds is 0. The summed E-state index contributed by atoms with van der Waals surface area (Å²) < 4.78 is 0. The summed E-state index contributed by atoms with van der Waals surface area (Å²) in [6.45, 7) is 0.812. The summed E-state index contributed by atoms with van der Waals surface area (Å²) >= 11 is 0. The molecule has 5 heteroatoms. The van der Waals surface area contributed by atoms with Gasteiger partial charge >= 0.3 is 0 Å². The topological polar surface area (TPSA) is 46.8 Å². The van der Waals surface area contributed by atoms with Crippen molar-refractivity contribution in [1.82, 2.24) is 4.98 Å². The quantitative estimate of drug-likeness (QED) is 0.587. The molecule has 0 radical (unpaired) electrons. The van der Waals surface area contributed by atoms with E-state index in [0.29, 0.717) is 5.56 Å². The minimum atomic E-state index is -0.187. The lowest BCUT2D eigenvalue weighted by Crippen LogP contribution is -3.08. The van der Waals surface area contributed by atoms with Crippen molar-refractivity contribution in [2.45, 2.75) is 6.54 Å². The molecule has 2 aliphatic rings. The van der Waals surface area contributed by atoms with Crippen molar-refractivity contribution in [2.75, 3.05) is 0 Å². The lowest BCUT2D eigenvalue weighted by molar-refractivity contribution is -0.745. The Morgan fingerprint density at radius 1 is 1.05 bits per heavy atom. The minimum Gasteiger partial charge on any atom is -1.00 e. The molecule has 1 N–H and O–H groups in total. The molecule has 0 saturated carbocycles. The van der Waals surface area contributed by atoms with Gasteiger partial charge in [-0.3, -0.25) is 4.79 Å². The number of halogens is 1. The molecule has 94 valence electrons. The van der Waals surface area contributed by atoms with Crippen LogP contribution in [0.4, 0.5) is 5.82 Å². The van der Waals surface area contributed by atoms with Gasteiger partial charge in [-0.1, -0.05) is 18.2 Å². The van der Waals surface area contributed by atoms with Crippen molar-refractivity contribution in [2.24, 2.45) is 4.99 Å². The number of quaternary nitrogens is 1. The van der Waals surface area contributed by atoms with Crippen molar-refractivity contribution in [3.05, 3.63) is 59.3 Å². The van der Waals surface area contributed by atoms with Crippen LogP contribution in [0.3, 0.4) is 0 Å². The van der Waals surface area contributed by atoms with Crippen molar-refractivity contribution in [3.63, 3.8) is 0 Å². The van der Waals surface area contributed by atoms with E-state index in [0.717, 1.165) is 28.7 Å². The van der Waals surface area contributed by atoms with Crippen LogP contribution < -0.4 is 17.3 Å². The summed E-state index contributed by atoms with van der Waals surface area (Å²) in [6.07, 6.45) is 1.73. The number of carbonyl (C=O) groups excluding carboxylic acids is 1. The number of fused-ring (bicyclic) bond motifs is 5. The molecule has 0 bridgehead atoms. The summed E-state index contributed by atoms with van der Waals surface area (Å²) in [5, 5.41) is 0. The van der Waals surface area contributed by atoms with Crippen LogP contribution in [0.5, 0.6) is 0 Å². The highest BCUT2D eigenvalue weighted by atomic mass is 35.5. The first-order chi connectivity index (χ1) is 8.84. The highest BCUT2D eigenvalue weighted by Gasteiger charge is 2.39. The average Bonchev–Trinajstić information content (AvgIpc) is 2.78. The molecule has 2 aromatic rings. The van der Waals surface area contributed by atoms with Gasteiger partial charge in [0.15, 0.2) is 0 Å². The number of amidine groups is 1. The van der Waals surface area contributed by atoms with Gasteiger partial charge in [0.25, 0.3) is 5.91 Å². The van der Waals surface area contributed by atoms with E-state index >= 15 is 0 Å². The van der Waals surface area contributed by atoms with E-state index in [2.05, 4.69) is 16.0 Å². The van der Waals surface area contributed by atoms with Crippen LogP contribution in [0.25, 0.3) is 0 Å². The number of nitrogens with one attached hydrogen (secondary N) is 1. The van der Waals surface area contributed by atoms with Crippen LogP contribution in [0.1, 0.15) is 21.5 Å². The van der Waals surface area contributed by atoms with Crippen LogP contribution in [-0.2, 0) is 6.54 Å². The number of benzene rings is 1. The Bertz CT molecular complexity index is 711. The minimum absolute atomic E-state index is 0. The Labute approximate surface area is 116 Å². The Balaban J connectivity index is 0.00000110. The molecule has 19 heavy (non-hydrogen) atoms. The van der Waals surface area contributed by atoms with E-state index in [1.807, 2.05) is 18.2 Å². The monoisotopic (exact) mass is 271 g/mol. The van der Waals surface area contributed by atoms with E-state index in [4.69, 9.17) is 0 Å². The molecule has 1 aromatic carbocycles. The molecule has 4 nitrogen and oxygen atoms in total. The predicted molar refractivity (Wildman–Crippen MR) is 65.9 cm³/mol. The summed E-state index contributed by atoms with van der Waals surface area (Å²) in [5.74, 6) is 1.42. The first-order valence-electron chi connectivity index (χ1n) is 5.87. The zero-order valence-electron chi connectivity index (χ0n) is 9.93. The fraction of sp³-hybridized carbons (Fsp3) is 0.0714. The van der Waals surface area contributed by atoms with Gasteiger partial charge in [-0.25, -0.2) is 9.88 Å². The zero-order chi connectivity index (χ0) is 12.1. The molecule has 0 aliphatic carbocycles. The Kier molecular flexibility index (Phi) is 2.69. The van der Waals surface area contributed by atoms with E-state index in [9.17, 15) is 4.79 Å². The van der Waals surface area contributed by atoms with Crippen LogP contribution in [0, 0.1) is 0 Å². The smallest absolute Gasteiger partial charge is 0.289 e. The number of aromatic nitrogens is 1. The van der Waals surface area contributed by atoms with Gasteiger partial charge in [0, 0.05) is 11.8 Å². The first-order valence-corrected chi connectivity index (χ1v) is 5.87. The van der Waals surface area contributed by atoms with Crippen molar-refractivity contribution in [3.8, 4) is 0 Å². The maximum absolute atomic E-state index is 12.0. The Hall–Kier alpha value is -2.04. The fourth-order valence-electron chi connectivity index (χ4n) is 2.65. The molecule has 1 atom stereocenters. The van der Waals surface area contributed by atoms with Crippen LogP contribution in [-0.4, -0.2) is 16.7 Å².